The molecule has 1 fully saturated rings. The van der Waals surface area contributed by atoms with Crippen molar-refractivity contribution < 1.29 is 9.53 Å². The Morgan fingerprint density at radius 1 is 1.45 bits per heavy atom. The summed E-state index contributed by atoms with van der Waals surface area (Å²) < 4.78 is 5.12. The summed E-state index contributed by atoms with van der Waals surface area (Å²) in [4.78, 5) is 22.7. The fourth-order valence-corrected chi connectivity index (χ4v) is 3.32. The van der Waals surface area contributed by atoms with Gasteiger partial charge in [0.2, 0.25) is 0 Å². The highest BCUT2D eigenvalue weighted by Gasteiger charge is 2.28. The Morgan fingerprint density at radius 3 is 2.91 bits per heavy atom. The Balaban J connectivity index is 1.79. The molecule has 0 saturated carbocycles. The molecule has 0 unspecified atom stereocenters. The molecule has 3 heterocycles. The zero-order valence-electron chi connectivity index (χ0n) is 12.7. The average molecular weight is 321 g/mol. The van der Waals surface area contributed by atoms with E-state index < -0.39 is 0 Å². The molecule has 0 aromatic carbocycles. The maximum Gasteiger partial charge on any atom is 0.309 e. The minimum atomic E-state index is -0.0805. The van der Waals surface area contributed by atoms with Crippen LogP contribution in [0.3, 0.4) is 0 Å². The molecule has 1 aliphatic rings. The molecule has 8 heteroatoms. The van der Waals surface area contributed by atoms with Crippen molar-refractivity contribution in [2.75, 3.05) is 30.9 Å². The lowest BCUT2D eigenvalue weighted by Gasteiger charge is -2.31. The van der Waals surface area contributed by atoms with Gasteiger partial charge in [-0.2, -0.15) is 5.10 Å². The van der Waals surface area contributed by atoms with Gasteiger partial charge in [0.1, 0.15) is 17.2 Å². The summed E-state index contributed by atoms with van der Waals surface area (Å²) in [5.41, 5.74) is 0.752. The summed E-state index contributed by atoms with van der Waals surface area (Å²) in [6, 6.07) is 0. The van der Waals surface area contributed by atoms with Crippen molar-refractivity contribution in [1.29, 1.82) is 0 Å². The normalized spacial score (nSPS) is 16.2. The summed E-state index contributed by atoms with van der Waals surface area (Å²) in [7, 11) is 0. The number of anilines is 1. The molecule has 3 rings (SSSR count). The minimum Gasteiger partial charge on any atom is -0.466 e. The van der Waals surface area contributed by atoms with Crippen molar-refractivity contribution >= 4 is 34.6 Å². The number of carbonyl (C=O) groups is 1. The second-order valence-corrected chi connectivity index (χ2v) is 5.96. The third kappa shape index (κ3) is 2.75. The molecule has 118 valence electrons. The first-order valence-corrected chi connectivity index (χ1v) is 8.61. The van der Waals surface area contributed by atoms with E-state index in [1.54, 1.807) is 18.1 Å². The first-order valence-electron chi connectivity index (χ1n) is 7.39. The summed E-state index contributed by atoms with van der Waals surface area (Å²) >= 11 is 1.57. The van der Waals surface area contributed by atoms with Crippen LogP contribution in [0.5, 0.6) is 0 Å². The quantitative estimate of drug-likeness (QED) is 0.679. The standard InChI is InChI=1S/C14H19N5O2S/c1-3-21-14(20)9-4-6-19(7-5-9)12-10-11(15-8-16-12)17-18-13(10)22-2/h8-9H,3-7H2,1-2H3,(H,15,16,17,18). The van der Waals surface area contributed by atoms with Gasteiger partial charge >= 0.3 is 5.97 Å². The molecular formula is C14H19N5O2S. The van der Waals surface area contributed by atoms with Gasteiger partial charge in [0.25, 0.3) is 0 Å². The van der Waals surface area contributed by atoms with Crippen molar-refractivity contribution in [2.45, 2.75) is 24.8 Å². The average Bonchev–Trinajstić information content (AvgIpc) is 2.98. The fraction of sp³-hybridized carbons (Fsp3) is 0.571. The number of aromatic amines is 1. The second-order valence-electron chi connectivity index (χ2n) is 5.17. The zero-order chi connectivity index (χ0) is 15.5. The van der Waals surface area contributed by atoms with E-state index in [0.717, 1.165) is 47.8 Å². The lowest BCUT2D eigenvalue weighted by Crippen LogP contribution is -2.37. The number of hydrogen-bond acceptors (Lipinski definition) is 7. The third-order valence-corrected chi connectivity index (χ3v) is 4.59. The molecule has 0 bridgehead atoms. The number of carbonyl (C=O) groups excluding carboxylic acids is 1. The van der Waals surface area contributed by atoms with Crippen LogP contribution in [0.1, 0.15) is 19.8 Å². The third-order valence-electron chi connectivity index (χ3n) is 3.91. The Labute approximate surface area is 132 Å². The van der Waals surface area contributed by atoms with Crippen LogP contribution in [0.4, 0.5) is 5.82 Å². The molecule has 1 aliphatic heterocycles. The van der Waals surface area contributed by atoms with Crippen molar-refractivity contribution in [1.82, 2.24) is 20.2 Å². The summed E-state index contributed by atoms with van der Waals surface area (Å²) in [6.45, 7) is 3.86. The van der Waals surface area contributed by atoms with Crippen LogP contribution in [-0.2, 0) is 9.53 Å². The fourth-order valence-electron chi connectivity index (χ4n) is 2.79. The Kier molecular flexibility index (Phi) is 4.47. The monoisotopic (exact) mass is 321 g/mol. The van der Waals surface area contributed by atoms with Crippen LogP contribution in [0, 0.1) is 5.92 Å². The number of thioether (sulfide) groups is 1. The number of fused-ring (bicyclic) bond motifs is 1. The number of rotatable bonds is 4. The first kappa shape index (κ1) is 15.1. The molecule has 2 aromatic heterocycles. The highest BCUT2D eigenvalue weighted by atomic mass is 32.2. The highest BCUT2D eigenvalue weighted by molar-refractivity contribution is 7.98. The molecule has 0 radical (unpaired) electrons. The van der Waals surface area contributed by atoms with E-state index in [1.165, 1.54) is 0 Å². The second kappa shape index (κ2) is 6.51. The topological polar surface area (TPSA) is 84.0 Å². The van der Waals surface area contributed by atoms with E-state index in [-0.39, 0.29) is 11.9 Å². The Morgan fingerprint density at radius 2 is 2.23 bits per heavy atom. The number of piperidine rings is 1. The molecular weight excluding hydrogens is 302 g/mol. The molecule has 0 aliphatic carbocycles. The van der Waals surface area contributed by atoms with Crippen molar-refractivity contribution in [2.24, 2.45) is 5.92 Å². The van der Waals surface area contributed by atoms with Crippen LogP contribution in [0.2, 0.25) is 0 Å². The number of nitrogens with zero attached hydrogens (tertiary/aromatic N) is 4. The van der Waals surface area contributed by atoms with Crippen molar-refractivity contribution in [3.8, 4) is 0 Å². The van der Waals surface area contributed by atoms with Gasteiger partial charge < -0.3 is 9.64 Å². The number of esters is 1. The smallest absolute Gasteiger partial charge is 0.309 e. The molecule has 0 atom stereocenters. The zero-order valence-corrected chi connectivity index (χ0v) is 13.5. The van der Waals surface area contributed by atoms with Gasteiger partial charge in [-0.05, 0) is 26.0 Å². The van der Waals surface area contributed by atoms with E-state index in [9.17, 15) is 4.79 Å². The molecule has 0 amide bonds. The van der Waals surface area contributed by atoms with Gasteiger partial charge in [-0.25, -0.2) is 9.97 Å². The summed E-state index contributed by atoms with van der Waals surface area (Å²) in [5, 5.41) is 9.07. The maximum atomic E-state index is 11.8. The number of hydrogen-bond donors (Lipinski definition) is 1. The predicted octanol–water partition coefficient (Wildman–Crippen LogP) is 1.85. The molecule has 2 aromatic rings. The molecule has 0 spiro atoms. The van der Waals surface area contributed by atoms with Crippen molar-refractivity contribution in [3.63, 3.8) is 0 Å². The molecule has 1 N–H and O–H groups in total. The Hall–Kier alpha value is -1.83. The minimum absolute atomic E-state index is 0.00195. The largest absolute Gasteiger partial charge is 0.466 e. The number of nitrogens with one attached hydrogen (secondary N) is 1. The highest BCUT2D eigenvalue weighted by Crippen LogP contribution is 2.32. The molecule has 22 heavy (non-hydrogen) atoms. The van der Waals surface area contributed by atoms with Gasteiger partial charge in [0.15, 0.2) is 5.65 Å². The SMILES string of the molecule is CCOC(=O)C1CCN(c2ncnc3[nH]nc(SC)c23)CC1. The predicted molar refractivity (Wildman–Crippen MR) is 85.0 cm³/mol. The molecule has 7 nitrogen and oxygen atoms in total. The van der Waals surface area contributed by atoms with E-state index >= 15 is 0 Å². The number of aromatic nitrogens is 4. The Bertz CT molecular complexity index is 666. The van der Waals surface area contributed by atoms with Crippen LogP contribution in [0.15, 0.2) is 11.4 Å². The van der Waals surface area contributed by atoms with E-state index in [4.69, 9.17) is 4.74 Å². The van der Waals surface area contributed by atoms with Gasteiger partial charge in [-0.1, -0.05) is 0 Å². The van der Waals surface area contributed by atoms with Gasteiger partial charge in [-0.3, -0.25) is 9.89 Å². The summed E-state index contributed by atoms with van der Waals surface area (Å²) in [5.74, 6) is 0.811. The van der Waals surface area contributed by atoms with Gasteiger partial charge in [0, 0.05) is 13.1 Å². The van der Waals surface area contributed by atoms with Gasteiger partial charge in [-0.15, -0.1) is 11.8 Å². The van der Waals surface area contributed by atoms with Crippen molar-refractivity contribution in [3.05, 3.63) is 6.33 Å². The van der Waals surface area contributed by atoms with Crippen LogP contribution in [-0.4, -0.2) is 52.1 Å². The number of H-pyrrole nitrogens is 1. The maximum absolute atomic E-state index is 11.8. The van der Waals surface area contributed by atoms with E-state index in [1.807, 2.05) is 13.2 Å². The lowest BCUT2D eigenvalue weighted by atomic mass is 9.97. The van der Waals surface area contributed by atoms with E-state index in [2.05, 4.69) is 25.1 Å². The summed E-state index contributed by atoms with van der Waals surface area (Å²) in [6.07, 6.45) is 5.12. The van der Waals surface area contributed by atoms with Crippen LogP contribution < -0.4 is 4.90 Å². The van der Waals surface area contributed by atoms with Crippen LogP contribution >= 0.6 is 11.8 Å². The van der Waals surface area contributed by atoms with Gasteiger partial charge in [0.05, 0.1) is 17.9 Å². The lowest BCUT2D eigenvalue weighted by molar-refractivity contribution is -0.148. The first-order chi connectivity index (χ1) is 10.7. The molecule has 1 saturated heterocycles. The number of ether oxygens (including phenoxy) is 1. The van der Waals surface area contributed by atoms with Crippen LogP contribution in [0.25, 0.3) is 11.0 Å². The van der Waals surface area contributed by atoms with E-state index in [0.29, 0.717) is 6.61 Å².